The minimum atomic E-state index is -0.588. The van der Waals surface area contributed by atoms with E-state index in [0.717, 1.165) is 11.1 Å². The second-order valence-corrected chi connectivity index (χ2v) is 3.91. The normalized spacial score (nSPS) is 22.5. The molecule has 1 aliphatic carbocycles. The summed E-state index contributed by atoms with van der Waals surface area (Å²) in [5.74, 6) is 0.632. The molecule has 2 N–H and O–H groups in total. The molecule has 1 atom stereocenters. The van der Waals surface area contributed by atoms with Crippen molar-refractivity contribution in [3.05, 3.63) is 53.6 Å². The van der Waals surface area contributed by atoms with Crippen molar-refractivity contribution >= 4 is 11.5 Å². The van der Waals surface area contributed by atoms with Gasteiger partial charge in [0.25, 0.3) is 0 Å². The Kier molecular flexibility index (Phi) is 3.40. The fraction of sp³-hybridized carbons (Fsp3) is 0.214. The lowest BCUT2D eigenvalue weighted by Gasteiger charge is -2.20. The summed E-state index contributed by atoms with van der Waals surface area (Å²) in [6, 6.07) is 9.10. The van der Waals surface area contributed by atoms with E-state index in [1.165, 1.54) is 6.08 Å². The predicted molar refractivity (Wildman–Crippen MR) is 67.1 cm³/mol. The van der Waals surface area contributed by atoms with Crippen molar-refractivity contribution in [1.29, 1.82) is 0 Å². The summed E-state index contributed by atoms with van der Waals surface area (Å²) >= 11 is 0. The molecule has 0 aliphatic heterocycles. The van der Waals surface area contributed by atoms with Crippen LogP contribution >= 0.6 is 0 Å². The smallest absolute Gasteiger partial charge is 0.176 e. The van der Waals surface area contributed by atoms with Crippen molar-refractivity contribution in [2.24, 2.45) is 5.73 Å². The zero-order valence-electron chi connectivity index (χ0n) is 9.72. The Hall–Kier alpha value is -1.87. The molecule has 0 fully saturated rings. The average molecular weight is 229 g/mol. The molecule has 3 heteroatoms. The quantitative estimate of drug-likeness (QED) is 0.788. The van der Waals surface area contributed by atoms with Gasteiger partial charge in [-0.2, -0.15) is 0 Å². The summed E-state index contributed by atoms with van der Waals surface area (Å²) < 4.78 is 5.41. The Labute approximate surface area is 101 Å². The van der Waals surface area contributed by atoms with Gasteiger partial charge in [0.15, 0.2) is 5.78 Å². The van der Waals surface area contributed by atoms with Crippen molar-refractivity contribution in [2.75, 3.05) is 7.11 Å². The molecule has 0 aromatic heterocycles. The Balaban J connectivity index is 2.47. The number of carbonyl (C=O) groups excluding carboxylic acids is 1. The minimum Gasteiger partial charge on any atom is -0.496 e. The Bertz CT molecular complexity index is 474. The highest BCUT2D eigenvalue weighted by molar-refractivity contribution is 5.99. The SMILES string of the molecule is COC(=C1CC=CC(=O)C1N)c1ccccc1. The second-order valence-electron chi connectivity index (χ2n) is 3.91. The first-order valence-electron chi connectivity index (χ1n) is 5.52. The summed E-state index contributed by atoms with van der Waals surface area (Å²) in [4.78, 5) is 11.6. The number of benzene rings is 1. The molecular weight excluding hydrogens is 214 g/mol. The Morgan fingerprint density at radius 1 is 1.35 bits per heavy atom. The molecule has 0 heterocycles. The molecule has 0 amide bonds. The summed E-state index contributed by atoms with van der Waals surface area (Å²) in [6.07, 6.45) is 4.01. The molecule has 2 rings (SSSR count). The number of methoxy groups -OCH3 is 1. The molecular formula is C14H15NO2. The first-order valence-corrected chi connectivity index (χ1v) is 5.52. The van der Waals surface area contributed by atoms with Gasteiger partial charge in [-0.1, -0.05) is 36.4 Å². The van der Waals surface area contributed by atoms with Gasteiger partial charge < -0.3 is 10.5 Å². The minimum absolute atomic E-state index is 0.0725. The van der Waals surface area contributed by atoms with E-state index >= 15 is 0 Å². The van der Waals surface area contributed by atoms with Gasteiger partial charge in [-0.25, -0.2) is 0 Å². The molecule has 1 unspecified atom stereocenters. The van der Waals surface area contributed by atoms with E-state index in [2.05, 4.69) is 0 Å². The van der Waals surface area contributed by atoms with E-state index in [1.807, 2.05) is 36.4 Å². The Morgan fingerprint density at radius 3 is 2.71 bits per heavy atom. The maximum absolute atomic E-state index is 11.6. The average Bonchev–Trinajstić information content (AvgIpc) is 2.37. The fourth-order valence-electron chi connectivity index (χ4n) is 1.96. The van der Waals surface area contributed by atoms with Gasteiger partial charge >= 0.3 is 0 Å². The molecule has 0 saturated heterocycles. The summed E-state index contributed by atoms with van der Waals surface area (Å²) in [5.41, 5.74) is 7.68. The number of ether oxygens (including phenoxy) is 1. The number of carbonyl (C=O) groups is 1. The largest absolute Gasteiger partial charge is 0.496 e. The van der Waals surface area contributed by atoms with Gasteiger partial charge in [0.2, 0.25) is 0 Å². The monoisotopic (exact) mass is 229 g/mol. The molecule has 1 aromatic carbocycles. The summed E-state index contributed by atoms with van der Waals surface area (Å²) in [5, 5.41) is 0. The molecule has 0 spiro atoms. The van der Waals surface area contributed by atoms with Gasteiger partial charge in [0.05, 0.1) is 13.2 Å². The molecule has 0 bridgehead atoms. The molecule has 1 aromatic rings. The summed E-state index contributed by atoms with van der Waals surface area (Å²) in [6.45, 7) is 0. The Morgan fingerprint density at radius 2 is 2.06 bits per heavy atom. The van der Waals surface area contributed by atoms with Gasteiger partial charge in [0, 0.05) is 11.1 Å². The third kappa shape index (κ3) is 2.29. The van der Waals surface area contributed by atoms with Crippen LogP contribution in [0.5, 0.6) is 0 Å². The molecule has 17 heavy (non-hydrogen) atoms. The zero-order valence-corrected chi connectivity index (χ0v) is 9.72. The molecule has 88 valence electrons. The number of nitrogens with two attached hydrogens (primary N) is 1. The molecule has 0 radical (unpaired) electrons. The van der Waals surface area contributed by atoms with Gasteiger partial charge in [-0.15, -0.1) is 0 Å². The third-order valence-corrected chi connectivity index (χ3v) is 2.83. The maximum Gasteiger partial charge on any atom is 0.176 e. The highest BCUT2D eigenvalue weighted by Crippen LogP contribution is 2.26. The lowest BCUT2D eigenvalue weighted by atomic mass is 9.92. The van der Waals surface area contributed by atoms with Gasteiger partial charge in [0.1, 0.15) is 5.76 Å². The number of allylic oxidation sites excluding steroid dienone is 1. The maximum atomic E-state index is 11.6. The highest BCUT2D eigenvalue weighted by Gasteiger charge is 2.23. The number of ketones is 1. The van der Waals surface area contributed by atoms with Crippen LogP contribution in [0.4, 0.5) is 0 Å². The predicted octanol–water partition coefficient (Wildman–Crippen LogP) is 1.90. The highest BCUT2D eigenvalue weighted by atomic mass is 16.5. The standard InChI is InChI=1S/C14H15NO2/c1-17-14(10-6-3-2-4-7-10)11-8-5-9-12(16)13(11)15/h2-7,9,13H,8,15H2,1H3. The van der Waals surface area contributed by atoms with Crippen LogP contribution in [0.15, 0.2) is 48.1 Å². The van der Waals surface area contributed by atoms with E-state index < -0.39 is 6.04 Å². The van der Waals surface area contributed by atoms with Crippen molar-refractivity contribution in [3.8, 4) is 0 Å². The first kappa shape index (κ1) is 11.6. The second kappa shape index (κ2) is 4.97. The van der Waals surface area contributed by atoms with Crippen LogP contribution in [0, 0.1) is 0 Å². The number of hydrogen-bond acceptors (Lipinski definition) is 3. The van der Waals surface area contributed by atoms with Crippen LogP contribution < -0.4 is 5.73 Å². The van der Waals surface area contributed by atoms with Crippen LogP contribution in [0.1, 0.15) is 12.0 Å². The zero-order chi connectivity index (χ0) is 12.3. The van der Waals surface area contributed by atoms with Crippen LogP contribution in [0.25, 0.3) is 5.76 Å². The first-order chi connectivity index (χ1) is 8.24. The van der Waals surface area contributed by atoms with Gasteiger partial charge in [-0.3, -0.25) is 4.79 Å². The molecule has 1 aliphatic rings. The fourth-order valence-corrected chi connectivity index (χ4v) is 1.96. The van der Waals surface area contributed by atoms with Crippen LogP contribution in [0.2, 0.25) is 0 Å². The number of hydrogen-bond donors (Lipinski definition) is 1. The van der Waals surface area contributed by atoms with E-state index in [0.29, 0.717) is 12.2 Å². The lowest BCUT2D eigenvalue weighted by Crippen LogP contribution is -2.34. The van der Waals surface area contributed by atoms with Gasteiger partial charge in [-0.05, 0) is 12.5 Å². The molecule has 3 nitrogen and oxygen atoms in total. The van der Waals surface area contributed by atoms with Crippen molar-refractivity contribution in [1.82, 2.24) is 0 Å². The molecule has 0 saturated carbocycles. The summed E-state index contributed by atoms with van der Waals surface area (Å²) in [7, 11) is 1.60. The third-order valence-electron chi connectivity index (χ3n) is 2.83. The van der Waals surface area contributed by atoms with Crippen molar-refractivity contribution < 1.29 is 9.53 Å². The van der Waals surface area contributed by atoms with E-state index in [-0.39, 0.29) is 5.78 Å². The van der Waals surface area contributed by atoms with Crippen LogP contribution in [-0.4, -0.2) is 18.9 Å². The number of rotatable bonds is 2. The topological polar surface area (TPSA) is 52.3 Å². The van der Waals surface area contributed by atoms with Crippen LogP contribution in [0.3, 0.4) is 0 Å². The van der Waals surface area contributed by atoms with E-state index in [9.17, 15) is 4.79 Å². The lowest BCUT2D eigenvalue weighted by molar-refractivity contribution is -0.115. The van der Waals surface area contributed by atoms with Crippen molar-refractivity contribution in [2.45, 2.75) is 12.5 Å². The van der Waals surface area contributed by atoms with E-state index in [4.69, 9.17) is 10.5 Å². The van der Waals surface area contributed by atoms with Crippen molar-refractivity contribution in [3.63, 3.8) is 0 Å². The van der Waals surface area contributed by atoms with Crippen LogP contribution in [-0.2, 0) is 9.53 Å². The van der Waals surface area contributed by atoms with E-state index in [1.54, 1.807) is 7.11 Å².